The number of rotatable bonds is 5. The standard InChI is InChI=1S/C15H18N2/c1-3-6-13(16-2)11-14-10-9-12-7-4-5-8-15(12)17-14/h3-5,7-10,13,16H,1,6,11H2,2H3. The Kier molecular flexibility index (Phi) is 3.89. The van der Waals surface area contributed by atoms with Gasteiger partial charge in [0.2, 0.25) is 0 Å². The van der Waals surface area contributed by atoms with Crippen LogP contribution in [0.2, 0.25) is 0 Å². The molecule has 0 aliphatic heterocycles. The Bertz CT molecular complexity index is 505. The molecule has 2 heteroatoms. The largest absolute Gasteiger partial charge is 0.316 e. The van der Waals surface area contributed by atoms with Crippen molar-refractivity contribution < 1.29 is 0 Å². The van der Waals surface area contributed by atoms with Crippen molar-refractivity contribution in [2.75, 3.05) is 7.05 Å². The molecule has 2 aromatic rings. The minimum absolute atomic E-state index is 0.418. The number of pyridine rings is 1. The second-order valence-corrected chi connectivity index (χ2v) is 4.21. The second kappa shape index (κ2) is 5.60. The average molecular weight is 226 g/mol. The number of para-hydroxylation sites is 1. The molecule has 1 aromatic heterocycles. The van der Waals surface area contributed by atoms with Crippen LogP contribution in [-0.2, 0) is 6.42 Å². The Labute approximate surface area is 102 Å². The van der Waals surface area contributed by atoms with Gasteiger partial charge in [0, 0.05) is 23.5 Å². The minimum atomic E-state index is 0.418. The van der Waals surface area contributed by atoms with Gasteiger partial charge in [-0.3, -0.25) is 4.98 Å². The first-order valence-electron chi connectivity index (χ1n) is 5.96. The second-order valence-electron chi connectivity index (χ2n) is 4.21. The third-order valence-electron chi connectivity index (χ3n) is 2.97. The van der Waals surface area contributed by atoms with Crippen LogP contribution in [0.5, 0.6) is 0 Å². The van der Waals surface area contributed by atoms with Crippen molar-refractivity contribution in [3.63, 3.8) is 0 Å². The van der Waals surface area contributed by atoms with Crippen molar-refractivity contribution >= 4 is 10.9 Å². The maximum Gasteiger partial charge on any atom is 0.0705 e. The van der Waals surface area contributed by atoms with Gasteiger partial charge < -0.3 is 5.32 Å². The van der Waals surface area contributed by atoms with Gasteiger partial charge in [-0.15, -0.1) is 6.58 Å². The zero-order chi connectivity index (χ0) is 12.1. The topological polar surface area (TPSA) is 24.9 Å². The van der Waals surface area contributed by atoms with Crippen molar-refractivity contribution in [1.82, 2.24) is 10.3 Å². The van der Waals surface area contributed by atoms with E-state index in [1.807, 2.05) is 25.3 Å². The maximum atomic E-state index is 4.67. The zero-order valence-electron chi connectivity index (χ0n) is 10.2. The third kappa shape index (κ3) is 2.92. The summed E-state index contributed by atoms with van der Waals surface area (Å²) in [7, 11) is 1.98. The van der Waals surface area contributed by atoms with E-state index in [1.165, 1.54) is 5.39 Å². The van der Waals surface area contributed by atoms with Crippen LogP contribution >= 0.6 is 0 Å². The Balaban J connectivity index is 2.21. The summed E-state index contributed by atoms with van der Waals surface area (Å²) in [5.41, 5.74) is 2.20. The monoisotopic (exact) mass is 226 g/mol. The van der Waals surface area contributed by atoms with E-state index in [0.29, 0.717) is 6.04 Å². The molecule has 0 saturated carbocycles. The van der Waals surface area contributed by atoms with Crippen molar-refractivity contribution in [3.05, 3.63) is 54.7 Å². The lowest BCUT2D eigenvalue weighted by molar-refractivity contribution is 0.561. The van der Waals surface area contributed by atoms with E-state index in [-0.39, 0.29) is 0 Å². The van der Waals surface area contributed by atoms with E-state index >= 15 is 0 Å². The molecule has 0 aliphatic rings. The lowest BCUT2D eigenvalue weighted by Gasteiger charge is -2.13. The first-order chi connectivity index (χ1) is 8.33. The van der Waals surface area contributed by atoms with E-state index in [2.05, 4.69) is 41.1 Å². The molecule has 2 nitrogen and oxygen atoms in total. The summed E-state index contributed by atoms with van der Waals surface area (Å²) < 4.78 is 0. The predicted octanol–water partition coefficient (Wildman–Crippen LogP) is 2.94. The Morgan fingerprint density at radius 3 is 2.88 bits per heavy atom. The van der Waals surface area contributed by atoms with Crippen LogP contribution in [0.3, 0.4) is 0 Å². The Hall–Kier alpha value is -1.67. The summed E-state index contributed by atoms with van der Waals surface area (Å²) in [6.07, 6.45) is 3.85. The molecule has 0 bridgehead atoms. The molecule has 0 aliphatic carbocycles. The molecule has 2 rings (SSSR count). The average Bonchev–Trinajstić information content (AvgIpc) is 2.38. The number of nitrogens with one attached hydrogen (secondary N) is 1. The summed E-state index contributed by atoms with van der Waals surface area (Å²) in [4.78, 5) is 4.67. The van der Waals surface area contributed by atoms with Crippen molar-refractivity contribution in [2.24, 2.45) is 0 Å². The van der Waals surface area contributed by atoms with Gasteiger partial charge in [-0.05, 0) is 25.6 Å². The highest BCUT2D eigenvalue weighted by Gasteiger charge is 2.06. The lowest BCUT2D eigenvalue weighted by Crippen LogP contribution is -2.27. The molecule has 17 heavy (non-hydrogen) atoms. The van der Waals surface area contributed by atoms with Crippen molar-refractivity contribution in [2.45, 2.75) is 18.9 Å². The van der Waals surface area contributed by atoms with Crippen LogP contribution in [-0.4, -0.2) is 18.1 Å². The predicted molar refractivity (Wildman–Crippen MR) is 73.1 cm³/mol. The molecule has 0 spiro atoms. The van der Waals surface area contributed by atoms with Crippen molar-refractivity contribution in [3.8, 4) is 0 Å². The fourth-order valence-electron chi connectivity index (χ4n) is 1.98. The number of fused-ring (bicyclic) bond motifs is 1. The van der Waals surface area contributed by atoms with E-state index in [0.717, 1.165) is 24.1 Å². The van der Waals surface area contributed by atoms with E-state index in [1.54, 1.807) is 0 Å². The quantitative estimate of drug-likeness (QED) is 0.793. The number of hydrogen-bond acceptors (Lipinski definition) is 2. The molecular formula is C15H18N2. The molecule has 0 radical (unpaired) electrons. The van der Waals surface area contributed by atoms with Crippen LogP contribution in [0, 0.1) is 0 Å². The summed E-state index contributed by atoms with van der Waals surface area (Å²) in [6.45, 7) is 3.78. The summed E-state index contributed by atoms with van der Waals surface area (Å²) in [6, 6.07) is 12.9. The van der Waals surface area contributed by atoms with Gasteiger partial charge in [0.15, 0.2) is 0 Å². The summed E-state index contributed by atoms with van der Waals surface area (Å²) in [5.74, 6) is 0. The van der Waals surface area contributed by atoms with Gasteiger partial charge in [-0.1, -0.05) is 30.3 Å². The lowest BCUT2D eigenvalue weighted by atomic mass is 10.1. The molecule has 0 fully saturated rings. The fourth-order valence-corrected chi connectivity index (χ4v) is 1.98. The molecule has 1 atom stereocenters. The van der Waals surface area contributed by atoms with Crippen LogP contribution < -0.4 is 5.32 Å². The van der Waals surface area contributed by atoms with Gasteiger partial charge in [0.05, 0.1) is 5.52 Å². The fraction of sp³-hybridized carbons (Fsp3) is 0.267. The summed E-state index contributed by atoms with van der Waals surface area (Å²) in [5, 5.41) is 4.48. The number of hydrogen-bond donors (Lipinski definition) is 1. The van der Waals surface area contributed by atoms with Crippen LogP contribution in [0.1, 0.15) is 12.1 Å². The van der Waals surface area contributed by atoms with Gasteiger partial charge in [-0.25, -0.2) is 0 Å². The molecule has 0 amide bonds. The number of benzene rings is 1. The van der Waals surface area contributed by atoms with Crippen molar-refractivity contribution in [1.29, 1.82) is 0 Å². The van der Waals surface area contributed by atoms with E-state index in [9.17, 15) is 0 Å². The molecule has 88 valence electrons. The molecular weight excluding hydrogens is 208 g/mol. The highest BCUT2D eigenvalue weighted by molar-refractivity contribution is 5.78. The Morgan fingerprint density at radius 2 is 2.12 bits per heavy atom. The Morgan fingerprint density at radius 1 is 1.29 bits per heavy atom. The molecule has 1 N–H and O–H groups in total. The number of nitrogens with zero attached hydrogens (tertiary/aromatic N) is 1. The van der Waals surface area contributed by atoms with E-state index in [4.69, 9.17) is 0 Å². The van der Waals surface area contributed by atoms with Gasteiger partial charge in [-0.2, -0.15) is 0 Å². The SMILES string of the molecule is C=CCC(Cc1ccc2ccccc2n1)NC. The number of aromatic nitrogens is 1. The summed E-state index contributed by atoms with van der Waals surface area (Å²) >= 11 is 0. The van der Waals surface area contributed by atoms with Crippen LogP contribution in [0.25, 0.3) is 10.9 Å². The molecule has 1 heterocycles. The van der Waals surface area contributed by atoms with E-state index < -0.39 is 0 Å². The highest BCUT2D eigenvalue weighted by Crippen LogP contribution is 2.13. The smallest absolute Gasteiger partial charge is 0.0705 e. The maximum absolute atomic E-state index is 4.67. The third-order valence-corrected chi connectivity index (χ3v) is 2.97. The van der Waals surface area contributed by atoms with Gasteiger partial charge >= 0.3 is 0 Å². The molecule has 1 unspecified atom stereocenters. The van der Waals surface area contributed by atoms with Gasteiger partial charge in [0.25, 0.3) is 0 Å². The zero-order valence-corrected chi connectivity index (χ0v) is 10.2. The first-order valence-corrected chi connectivity index (χ1v) is 5.96. The van der Waals surface area contributed by atoms with Gasteiger partial charge in [0.1, 0.15) is 0 Å². The number of likely N-dealkylation sites (N-methyl/N-ethyl adjacent to an activating group) is 1. The minimum Gasteiger partial charge on any atom is -0.316 e. The van der Waals surface area contributed by atoms with Crippen LogP contribution in [0.15, 0.2) is 49.1 Å². The normalized spacial score (nSPS) is 12.5. The highest BCUT2D eigenvalue weighted by atomic mass is 14.9. The van der Waals surface area contributed by atoms with Crippen LogP contribution in [0.4, 0.5) is 0 Å². The molecule has 0 saturated heterocycles. The molecule has 1 aromatic carbocycles. The first kappa shape index (κ1) is 11.8.